The lowest BCUT2D eigenvalue weighted by Gasteiger charge is -2.30. The summed E-state index contributed by atoms with van der Waals surface area (Å²) in [5.41, 5.74) is 10.3. The van der Waals surface area contributed by atoms with Gasteiger partial charge in [0.05, 0.1) is 23.5 Å². The summed E-state index contributed by atoms with van der Waals surface area (Å²) in [4.78, 5) is 23.0. The average Bonchev–Trinajstić information content (AvgIpc) is 3.22. The van der Waals surface area contributed by atoms with E-state index in [0.29, 0.717) is 16.2 Å². The Kier molecular flexibility index (Phi) is 6.08. The predicted octanol–water partition coefficient (Wildman–Crippen LogP) is 5.66. The Morgan fingerprint density at radius 1 is 1.09 bits per heavy atom. The standard InChI is InChI=1S/C24H21N3O2S3/c1-29-18(28)13-30-24-26-22(25)19-16-12-17(14-8-4-2-5-9-14)31-20(15-10-6-3-7-11-15)21(16)32-23(19)27-24/h2-11,17,20H,12-13H2,1H3,(H2,25,26,27)/t17-,20-/m1/s1. The van der Waals surface area contributed by atoms with Crippen LogP contribution in [0.5, 0.6) is 0 Å². The van der Waals surface area contributed by atoms with Gasteiger partial charge in [0.2, 0.25) is 0 Å². The number of anilines is 1. The largest absolute Gasteiger partial charge is 0.468 e. The molecule has 162 valence electrons. The first kappa shape index (κ1) is 21.3. The molecule has 5 rings (SSSR count). The van der Waals surface area contributed by atoms with Crippen molar-refractivity contribution in [2.45, 2.75) is 22.1 Å². The van der Waals surface area contributed by atoms with E-state index in [0.717, 1.165) is 16.6 Å². The number of aromatic nitrogens is 2. The zero-order valence-corrected chi connectivity index (χ0v) is 19.8. The molecule has 2 N–H and O–H groups in total. The number of benzene rings is 2. The molecule has 0 spiro atoms. The minimum absolute atomic E-state index is 0.158. The number of thiophene rings is 1. The fourth-order valence-corrected chi connectivity index (χ4v) is 7.69. The fourth-order valence-electron chi connectivity index (χ4n) is 3.93. The van der Waals surface area contributed by atoms with Crippen LogP contribution in [0.4, 0.5) is 5.82 Å². The van der Waals surface area contributed by atoms with Gasteiger partial charge in [0.1, 0.15) is 10.6 Å². The topological polar surface area (TPSA) is 78.1 Å². The fraction of sp³-hybridized carbons (Fsp3) is 0.208. The molecule has 0 radical (unpaired) electrons. The Labute approximate surface area is 198 Å². The summed E-state index contributed by atoms with van der Waals surface area (Å²) in [7, 11) is 1.37. The lowest BCUT2D eigenvalue weighted by molar-refractivity contribution is -0.137. The lowest BCUT2D eigenvalue weighted by Crippen LogP contribution is -2.12. The molecule has 0 bridgehead atoms. The summed E-state index contributed by atoms with van der Waals surface area (Å²) in [6, 6.07) is 21.2. The molecule has 0 unspecified atom stereocenters. The summed E-state index contributed by atoms with van der Waals surface area (Å²) >= 11 is 4.91. The van der Waals surface area contributed by atoms with Gasteiger partial charge in [-0.15, -0.1) is 23.1 Å². The van der Waals surface area contributed by atoms with Crippen LogP contribution in [0.15, 0.2) is 65.8 Å². The molecular formula is C24H21N3O2S3. The second kappa shape index (κ2) is 9.13. The van der Waals surface area contributed by atoms with Crippen molar-refractivity contribution in [3.63, 3.8) is 0 Å². The Balaban J connectivity index is 1.60. The normalized spacial score (nSPS) is 17.8. The number of thioether (sulfide) groups is 2. The van der Waals surface area contributed by atoms with Gasteiger partial charge in [-0.1, -0.05) is 72.4 Å². The van der Waals surface area contributed by atoms with Gasteiger partial charge in [0.15, 0.2) is 5.16 Å². The van der Waals surface area contributed by atoms with Crippen LogP contribution in [-0.2, 0) is 16.0 Å². The van der Waals surface area contributed by atoms with Gasteiger partial charge in [0.25, 0.3) is 0 Å². The number of hydrogen-bond donors (Lipinski definition) is 1. The molecular weight excluding hydrogens is 458 g/mol. The number of ether oxygens (including phenoxy) is 1. The minimum atomic E-state index is -0.311. The molecule has 4 aromatic rings. The van der Waals surface area contributed by atoms with E-state index in [2.05, 4.69) is 59.6 Å². The number of nitrogens with two attached hydrogens (primary N) is 1. The molecule has 0 saturated heterocycles. The predicted molar refractivity (Wildman–Crippen MR) is 133 cm³/mol. The van der Waals surface area contributed by atoms with Crippen LogP contribution >= 0.6 is 34.9 Å². The number of fused-ring (bicyclic) bond motifs is 3. The quantitative estimate of drug-likeness (QED) is 0.225. The molecule has 0 saturated carbocycles. The highest BCUT2D eigenvalue weighted by Crippen LogP contribution is 2.55. The summed E-state index contributed by atoms with van der Waals surface area (Å²) in [5, 5.41) is 1.98. The van der Waals surface area contributed by atoms with Gasteiger partial charge >= 0.3 is 5.97 Å². The van der Waals surface area contributed by atoms with E-state index < -0.39 is 0 Å². The Morgan fingerprint density at radius 3 is 2.47 bits per heavy atom. The number of rotatable bonds is 5. The number of hydrogen-bond acceptors (Lipinski definition) is 8. The zero-order chi connectivity index (χ0) is 22.1. The summed E-state index contributed by atoms with van der Waals surface area (Å²) in [6.07, 6.45) is 0.884. The van der Waals surface area contributed by atoms with Gasteiger partial charge in [-0.05, 0) is 23.1 Å². The Bertz CT molecular complexity index is 1260. The van der Waals surface area contributed by atoms with Gasteiger partial charge in [-0.3, -0.25) is 4.79 Å². The minimum Gasteiger partial charge on any atom is -0.468 e. The maximum Gasteiger partial charge on any atom is 0.316 e. The van der Waals surface area contributed by atoms with Crippen LogP contribution in [0.2, 0.25) is 0 Å². The maximum atomic E-state index is 11.5. The van der Waals surface area contributed by atoms with Crippen molar-refractivity contribution in [3.8, 4) is 0 Å². The molecule has 2 atom stereocenters. The third-order valence-corrected chi connectivity index (χ3v) is 9.15. The highest BCUT2D eigenvalue weighted by molar-refractivity contribution is 8.00. The first-order chi connectivity index (χ1) is 15.6. The van der Waals surface area contributed by atoms with Crippen molar-refractivity contribution in [1.82, 2.24) is 9.97 Å². The van der Waals surface area contributed by atoms with Gasteiger partial charge in [0, 0.05) is 10.1 Å². The monoisotopic (exact) mass is 479 g/mol. The lowest BCUT2D eigenvalue weighted by atomic mass is 9.98. The Morgan fingerprint density at radius 2 is 1.78 bits per heavy atom. The summed E-state index contributed by atoms with van der Waals surface area (Å²) in [5.74, 6) is 0.324. The van der Waals surface area contributed by atoms with E-state index in [9.17, 15) is 4.79 Å². The van der Waals surface area contributed by atoms with Crippen molar-refractivity contribution in [2.24, 2.45) is 0 Å². The van der Waals surface area contributed by atoms with Crippen LogP contribution in [0.3, 0.4) is 0 Å². The summed E-state index contributed by atoms with van der Waals surface area (Å²) in [6.45, 7) is 0. The molecule has 3 heterocycles. The van der Waals surface area contributed by atoms with E-state index in [4.69, 9.17) is 15.5 Å². The molecule has 0 aliphatic carbocycles. The van der Waals surface area contributed by atoms with Gasteiger partial charge in [-0.25, -0.2) is 9.97 Å². The number of nitrogen functional groups attached to an aromatic ring is 1. The first-order valence-corrected chi connectivity index (χ1v) is 12.9. The molecule has 0 fully saturated rings. The summed E-state index contributed by atoms with van der Waals surface area (Å²) < 4.78 is 4.73. The van der Waals surface area contributed by atoms with E-state index in [1.807, 2.05) is 17.8 Å². The number of nitrogens with zero attached hydrogens (tertiary/aromatic N) is 2. The number of carbonyl (C=O) groups excluding carboxylic acids is 1. The van der Waals surface area contributed by atoms with Crippen LogP contribution in [0, 0.1) is 0 Å². The smallest absolute Gasteiger partial charge is 0.316 e. The van der Waals surface area contributed by atoms with E-state index in [1.165, 1.54) is 40.4 Å². The van der Waals surface area contributed by atoms with Gasteiger partial charge in [-0.2, -0.15) is 0 Å². The first-order valence-electron chi connectivity index (χ1n) is 10.2. The molecule has 2 aromatic heterocycles. The molecule has 32 heavy (non-hydrogen) atoms. The van der Waals surface area contributed by atoms with Crippen LogP contribution in [0.25, 0.3) is 10.2 Å². The molecule has 2 aromatic carbocycles. The van der Waals surface area contributed by atoms with Crippen molar-refractivity contribution in [3.05, 3.63) is 82.2 Å². The molecule has 0 amide bonds. The zero-order valence-electron chi connectivity index (χ0n) is 17.4. The molecule has 1 aliphatic heterocycles. The van der Waals surface area contributed by atoms with E-state index in [-0.39, 0.29) is 17.0 Å². The van der Waals surface area contributed by atoms with Gasteiger partial charge < -0.3 is 10.5 Å². The highest BCUT2D eigenvalue weighted by atomic mass is 32.2. The van der Waals surface area contributed by atoms with E-state index >= 15 is 0 Å². The highest BCUT2D eigenvalue weighted by Gasteiger charge is 2.34. The molecule has 1 aliphatic rings. The maximum absolute atomic E-state index is 11.5. The van der Waals surface area contributed by atoms with Crippen molar-refractivity contribution in [2.75, 3.05) is 18.6 Å². The Hall–Kier alpha value is -2.55. The SMILES string of the molecule is COC(=O)CSc1nc(N)c2c3c(sc2n1)[C@@H](c1ccccc1)S[C@@H](c1ccccc1)C3. The third kappa shape index (κ3) is 4.10. The van der Waals surface area contributed by atoms with E-state index in [1.54, 1.807) is 11.3 Å². The molecule has 8 heteroatoms. The number of methoxy groups -OCH3 is 1. The third-order valence-electron chi connectivity index (χ3n) is 5.44. The average molecular weight is 480 g/mol. The van der Waals surface area contributed by atoms with Crippen LogP contribution < -0.4 is 5.73 Å². The van der Waals surface area contributed by atoms with Crippen LogP contribution in [-0.4, -0.2) is 28.8 Å². The van der Waals surface area contributed by atoms with Crippen LogP contribution in [0.1, 0.15) is 32.1 Å². The second-order valence-corrected chi connectivity index (χ2v) is 10.7. The van der Waals surface area contributed by atoms with Crippen molar-refractivity contribution < 1.29 is 9.53 Å². The molecule has 5 nitrogen and oxygen atoms in total. The second-order valence-electron chi connectivity index (χ2n) is 7.41. The van der Waals surface area contributed by atoms with Crippen molar-refractivity contribution in [1.29, 1.82) is 0 Å². The van der Waals surface area contributed by atoms with Crippen molar-refractivity contribution >= 4 is 56.9 Å². The number of esters is 1. The number of carbonyl (C=O) groups is 1.